The molecule has 180 valence electrons. The largest absolute Gasteiger partial charge is 0.505 e. The molecule has 3 N–H and O–H groups in total. The minimum absolute atomic E-state index is 0.0119. The van der Waals surface area contributed by atoms with E-state index in [0.717, 1.165) is 0 Å². The van der Waals surface area contributed by atoms with Gasteiger partial charge in [-0.25, -0.2) is 14.8 Å². The van der Waals surface area contributed by atoms with Crippen LogP contribution in [0.2, 0.25) is 0 Å². The number of hydrogen-bond donors (Lipinski definition) is 3. The van der Waals surface area contributed by atoms with Gasteiger partial charge in [-0.2, -0.15) is 9.78 Å². The smallest absolute Gasteiger partial charge is 0.259 e. The number of para-hydroxylation sites is 1. The van der Waals surface area contributed by atoms with Crippen molar-refractivity contribution in [3.63, 3.8) is 0 Å². The van der Waals surface area contributed by atoms with E-state index in [1.165, 1.54) is 29.3 Å². The van der Waals surface area contributed by atoms with E-state index < -0.39 is 11.7 Å². The first-order valence-corrected chi connectivity index (χ1v) is 11.0. The third-order valence-electron chi connectivity index (χ3n) is 5.44. The van der Waals surface area contributed by atoms with Gasteiger partial charge in [0.15, 0.2) is 11.6 Å². The number of phenols is 1. The number of amides is 1. The summed E-state index contributed by atoms with van der Waals surface area (Å²) in [5.41, 5.74) is 1.24. The van der Waals surface area contributed by atoms with E-state index in [4.69, 9.17) is 6.57 Å². The number of anilines is 1. The van der Waals surface area contributed by atoms with E-state index >= 15 is 0 Å². The summed E-state index contributed by atoms with van der Waals surface area (Å²) in [5, 5.41) is 37.1. The molecule has 11 nitrogen and oxygen atoms in total. The number of aromatic nitrogens is 4. The summed E-state index contributed by atoms with van der Waals surface area (Å²) < 4.78 is 1.26. The first-order chi connectivity index (χ1) is 18.1. The van der Waals surface area contributed by atoms with Gasteiger partial charge >= 0.3 is 0 Å². The number of phenolic OH excluding ortho intramolecular Hbond substituents is 1. The Kier molecular flexibility index (Phi) is 6.31. The van der Waals surface area contributed by atoms with Gasteiger partial charge in [0, 0.05) is 23.5 Å². The highest BCUT2D eigenvalue weighted by Gasteiger charge is 2.20. The van der Waals surface area contributed by atoms with Crippen LogP contribution < -0.4 is 5.32 Å². The van der Waals surface area contributed by atoms with Crippen molar-refractivity contribution in [3.05, 3.63) is 102 Å². The molecule has 0 bridgehead atoms. The number of carbonyl (C=O) groups excluding carboxylic acids is 1. The fraction of sp³-hybridized carbons (Fsp3) is 0.0385. The molecule has 0 spiro atoms. The molecule has 5 rings (SSSR count). The van der Waals surface area contributed by atoms with Gasteiger partial charge in [0.2, 0.25) is 0 Å². The number of aliphatic hydroxyl groups excluding tert-OH is 1. The molecule has 11 heteroatoms. The molecule has 2 aromatic heterocycles. The molecule has 0 radical (unpaired) electrons. The number of nitrogens with one attached hydrogen (secondary N) is 1. The van der Waals surface area contributed by atoms with E-state index in [1.807, 2.05) is 6.07 Å². The lowest BCUT2D eigenvalue weighted by Crippen LogP contribution is -2.12. The van der Waals surface area contributed by atoms with Crippen LogP contribution in [0.25, 0.3) is 21.6 Å². The quantitative estimate of drug-likeness (QED) is 0.220. The van der Waals surface area contributed by atoms with Gasteiger partial charge in [0.05, 0.1) is 24.9 Å². The second kappa shape index (κ2) is 10.0. The Labute approximate surface area is 210 Å². The second-order valence-corrected chi connectivity index (χ2v) is 7.78. The Balaban J connectivity index is 1.64. The molecule has 0 atom stereocenters. The SMILES string of the molecule is [C-]#[N+]c1cnn(-c2ncccn2)c1N=Nc1c(O)c(C(=O)Nc2ccccc2)cc2cc(CO)ccc12. The lowest BCUT2D eigenvalue weighted by atomic mass is 10.0. The van der Waals surface area contributed by atoms with Gasteiger partial charge in [-0.1, -0.05) is 30.3 Å². The van der Waals surface area contributed by atoms with E-state index in [2.05, 4.69) is 35.5 Å². The van der Waals surface area contributed by atoms with Crippen LogP contribution in [0.4, 0.5) is 22.9 Å². The number of aliphatic hydroxyl groups is 1. The molecule has 0 aliphatic rings. The third kappa shape index (κ3) is 4.60. The van der Waals surface area contributed by atoms with Crippen LogP contribution in [0.3, 0.4) is 0 Å². The average Bonchev–Trinajstić information content (AvgIpc) is 3.36. The van der Waals surface area contributed by atoms with Crippen molar-refractivity contribution >= 4 is 39.6 Å². The van der Waals surface area contributed by atoms with Gasteiger partial charge in [-0.3, -0.25) is 4.79 Å². The van der Waals surface area contributed by atoms with Crippen LogP contribution in [0, 0.1) is 6.57 Å². The molecule has 0 aliphatic heterocycles. The first kappa shape index (κ1) is 23.3. The Hall–Kier alpha value is -5.47. The van der Waals surface area contributed by atoms with Crippen molar-refractivity contribution in [2.45, 2.75) is 6.61 Å². The van der Waals surface area contributed by atoms with Crippen LogP contribution in [0.5, 0.6) is 5.75 Å². The molecule has 3 aromatic carbocycles. The predicted octanol–water partition coefficient (Wildman–Crippen LogP) is 5.23. The highest BCUT2D eigenvalue weighted by atomic mass is 16.3. The van der Waals surface area contributed by atoms with Crippen LogP contribution >= 0.6 is 0 Å². The normalized spacial score (nSPS) is 11.0. The van der Waals surface area contributed by atoms with Crippen molar-refractivity contribution < 1.29 is 15.0 Å². The van der Waals surface area contributed by atoms with E-state index in [-0.39, 0.29) is 35.3 Å². The molecule has 5 aromatic rings. The Morgan fingerprint density at radius 1 is 1.05 bits per heavy atom. The number of nitrogens with zero attached hydrogens (tertiary/aromatic N) is 7. The molecule has 0 unspecified atom stereocenters. The molecule has 1 amide bonds. The highest BCUT2D eigenvalue weighted by molar-refractivity contribution is 6.11. The molecular weight excluding hydrogens is 472 g/mol. The number of benzene rings is 3. The summed E-state index contributed by atoms with van der Waals surface area (Å²) in [6.45, 7) is 7.26. The zero-order chi connectivity index (χ0) is 25.8. The van der Waals surface area contributed by atoms with Crippen molar-refractivity contribution in [1.29, 1.82) is 0 Å². The number of azo groups is 1. The lowest BCUT2D eigenvalue weighted by molar-refractivity contribution is 0.102. The minimum Gasteiger partial charge on any atom is -0.505 e. The average molecular weight is 490 g/mol. The second-order valence-electron chi connectivity index (χ2n) is 7.78. The van der Waals surface area contributed by atoms with Gasteiger partial charge in [0.25, 0.3) is 17.5 Å². The summed E-state index contributed by atoms with van der Waals surface area (Å²) in [6.07, 6.45) is 4.36. The number of hydrogen-bond acceptors (Lipinski definition) is 8. The number of aromatic hydroxyl groups is 1. The minimum atomic E-state index is -0.555. The molecule has 2 heterocycles. The summed E-state index contributed by atoms with van der Waals surface area (Å²) >= 11 is 0. The van der Waals surface area contributed by atoms with Crippen LogP contribution in [0.1, 0.15) is 15.9 Å². The van der Waals surface area contributed by atoms with E-state index in [0.29, 0.717) is 22.0 Å². The van der Waals surface area contributed by atoms with Gasteiger partial charge in [-0.15, -0.1) is 10.2 Å². The summed E-state index contributed by atoms with van der Waals surface area (Å²) in [5.74, 6) is -0.710. The fourth-order valence-corrected chi connectivity index (χ4v) is 3.67. The van der Waals surface area contributed by atoms with Crippen molar-refractivity contribution in [2.75, 3.05) is 5.32 Å². The molecule has 37 heavy (non-hydrogen) atoms. The van der Waals surface area contributed by atoms with Gasteiger partial charge in [0.1, 0.15) is 5.69 Å². The summed E-state index contributed by atoms with van der Waals surface area (Å²) in [4.78, 5) is 24.8. The summed E-state index contributed by atoms with van der Waals surface area (Å²) in [6, 6.07) is 17.0. The van der Waals surface area contributed by atoms with Gasteiger partial charge < -0.3 is 15.5 Å². The molecule has 0 aliphatic carbocycles. The van der Waals surface area contributed by atoms with E-state index in [9.17, 15) is 15.0 Å². The standard InChI is InChI=1S/C26H18N8O3/c1-27-21-14-30-34(26-28-10-5-11-29-26)24(21)33-32-22-19-9-8-16(15-35)12-17(19)13-20(23(22)36)25(37)31-18-6-3-2-4-7-18/h2-14,35-36H,15H2,(H,31,37). The maximum Gasteiger partial charge on any atom is 0.259 e. The van der Waals surface area contributed by atoms with Crippen molar-refractivity contribution in [1.82, 2.24) is 19.7 Å². The monoisotopic (exact) mass is 490 g/mol. The van der Waals surface area contributed by atoms with Crippen LogP contribution in [-0.2, 0) is 6.61 Å². The zero-order valence-electron chi connectivity index (χ0n) is 19.1. The Morgan fingerprint density at radius 3 is 2.57 bits per heavy atom. The maximum atomic E-state index is 13.1. The molecular formula is C26H18N8O3. The van der Waals surface area contributed by atoms with Crippen molar-refractivity contribution in [3.8, 4) is 11.7 Å². The number of fused-ring (bicyclic) bond motifs is 1. The van der Waals surface area contributed by atoms with Gasteiger partial charge in [-0.05, 0) is 41.3 Å². The molecule has 0 saturated heterocycles. The summed E-state index contributed by atoms with van der Waals surface area (Å²) in [7, 11) is 0. The predicted molar refractivity (Wildman–Crippen MR) is 136 cm³/mol. The zero-order valence-corrected chi connectivity index (χ0v) is 19.1. The topological polar surface area (TPSA) is 142 Å². The maximum absolute atomic E-state index is 13.1. The molecule has 0 saturated carbocycles. The number of carbonyl (C=O) groups is 1. The lowest BCUT2D eigenvalue weighted by Gasteiger charge is -2.12. The fourth-order valence-electron chi connectivity index (χ4n) is 3.67. The third-order valence-corrected chi connectivity index (χ3v) is 5.44. The van der Waals surface area contributed by atoms with Crippen molar-refractivity contribution in [2.24, 2.45) is 10.2 Å². The highest BCUT2D eigenvalue weighted by Crippen LogP contribution is 2.41. The first-order valence-electron chi connectivity index (χ1n) is 11.0. The Morgan fingerprint density at radius 2 is 1.84 bits per heavy atom. The van der Waals surface area contributed by atoms with Crippen LogP contribution in [0.15, 0.2) is 89.5 Å². The van der Waals surface area contributed by atoms with Crippen LogP contribution in [-0.4, -0.2) is 35.9 Å². The van der Waals surface area contributed by atoms with E-state index in [1.54, 1.807) is 48.5 Å². The number of rotatable bonds is 6. The Bertz CT molecular complexity index is 1680. The molecule has 0 fully saturated rings.